The highest BCUT2D eigenvalue weighted by Gasteiger charge is 2.14. The van der Waals surface area contributed by atoms with Crippen LogP contribution in [0.3, 0.4) is 0 Å². The van der Waals surface area contributed by atoms with Crippen LogP contribution in [0.15, 0.2) is 42.7 Å². The maximum atomic E-state index is 12.1. The fraction of sp³-hybridized carbons (Fsp3) is 0.200. The van der Waals surface area contributed by atoms with Crippen molar-refractivity contribution in [3.63, 3.8) is 0 Å². The van der Waals surface area contributed by atoms with Gasteiger partial charge in [0.05, 0.1) is 5.56 Å². The summed E-state index contributed by atoms with van der Waals surface area (Å²) in [6, 6.07) is 9.58. The second-order valence-electron chi connectivity index (χ2n) is 4.57. The van der Waals surface area contributed by atoms with Crippen LogP contribution >= 0.6 is 0 Å². The van der Waals surface area contributed by atoms with E-state index in [0.717, 1.165) is 25.2 Å². The minimum atomic E-state index is -0.118. The molecule has 0 radical (unpaired) electrons. The lowest BCUT2D eigenvalue weighted by molar-refractivity contribution is 0.102. The zero-order valence-corrected chi connectivity index (χ0v) is 10.5. The summed E-state index contributed by atoms with van der Waals surface area (Å²) < 4.78 is 0. The normalized spacial score (nSPS) is 13.7. The topological polar surface area (TPSA) is 54.0 Å². The molecule has 1 aromatic heterocycles. The number of nitrogens with zero attached hydrogens (tertiary/aromatic N) is 1. The van der Waals surface area contributed by atoms with E-state index in [1.165, 1.54) is 11.1 Å². The fourth-order valence-electron chi connectivity index (χ4n) is 2.32. The Morgan fingerprint density at radius 3 is 3.05 bits per heavy atom. The number of hydrogen-bond acceptors (Lipinski definition) is 3. The molecule has 0 unspecified atom stereocenters. The lowest BCUT2D eigenvalue weighted by Crippen LogP contribution is -2.25. The molecule has 96 valence electrons. The standard InChI is InChI=1S/C15H15N3O/c19-15(12-4-2-7-16-9-12)18-14-5-1-3-11-6-8-17-10-13(11)14/h1-5,7,9,17H,6,8,10H2,(H,18,19). The van der Waals surface area contributed by atoms with Crippen LogP contribution in [0.2, 0.25) is 0 Å². The molecule has 19 heavy (non-hydrogen) atoms. The third-order valence-electron chi connectivity index (χ3n) is 3.32. The number of aromatic nitrogens is 1. The Hall–Kier alpha value is -2.20. The average Bonchev–Trinajstić information content (AvgIpc) is 2.48. The molecule has 0 bridgehead atoms. The van der Waals surface area contributed by atoms with E-state index in [1.807, 2.05) is 12.1 Å². The molecule has 4 nitrogen and oxygen atoms in total. The molecule has 4 heteroatoms. The first-order valence-corrected chi connectivity index (χ1v) is 6.37. The van der Waals surface area contributed by atoms with E-state index in [2.05, 4.69) is 21.7 Å². The Labute approximate surface area is 111 Å². The number of fused-ring (bicyclic) bond motifs is 1. The van der Waals surface area contributed by atoms with Crippen molar-refractivity contribution >= 4 is 11.6 Å². The van der Waals surface area contributed by atoms with Gasteiger partial charge in [-0.05, 0) is 42.3 Å². The van der Waals surface area contributed by atoms with Crippen molar-refractivity contribution in [1.82, 2.24) is 10.3 Å². The number of carbonyl (C=O) groups is 1. The van der Waals surface area contributed by atoms with Gasteiger partial charge in [-0.15, -0.1) is 0 Å². The number of amides is 1. The van der Waals surface area contributed by atoms with E-state index >= 15 is 0 Å². The summed E-state index contributed by atoms with van der Waals surface area (Å²) in [5, 5.41) is 6.30. The minimum Gasteiger partial charge on any atom is -0.322 e. The number of rotatable bonds is 2. The van der Waals surface area contributed by atoms with Crippen LogP contribution in [0, 0.1) is 0 Å². The SMILES string of the molecule is O=C(Nc1cccc2c1CNCC2)c1cccnc1. The van der Waals surface area contributed by atoms with Gasteiger partial charge in [-0.3, -0.25) is 9.78 Å². The van der Waals surface area contributed by atoms with E-state index in [0.29, 0.717) is 5.56 Å². The molecule has 1 aliphatic heterocycles. The molecule has 2 N–H and O–H groups in total. The van der Waals surface area contributed by atoms with Gasteiger partial charge < -0.3 is 10.6 Å². The Kier molecular flexibility index (Phi) is 3.25. The highest BCUT2D eigenvalue weighted by Crippen LogP contribution is 2.23. The third-order valence-corrected chi connectivity index (χ3v) is 3.32. The quantitative estimate of drug-likeness (QED) is 0.860. The van der Waals surface area contributed by atoms with Crippen molar-refractivity contribution in [3.8, 4) is 0 Å². The molecule has 2 heterocycles. The summed E-state index contributed by atoms with van der Waals surface area (Å²) in [5.41, 5.74) is 3.95. The lowest BCUT2D eigenvalue weighted by Gasteiger charge is -2.20. The summed E-state index contributed by atoms with van der Waals surface area (Å²) >= 11 is 0. The van der Waals surface area contributed by atoms with E-state index in [4.69, 9.17) is 0 Å². The summed E-state index contributed by atoms with van der Waals surface area (Å²) in [4.78, 5) is 16.1. The maximum absolute atomic E-state index is 12.1. The number of pyridine rings is 1. The van der Waals surface area contributed by atoms with E-state index < -0.39 is 0 Å². The van der Waals surface area contributed by atoms with E-state index in [1.54, 1.807) is 24.5 Å². The first kappa shape index (κ1) is 11.9. The highest BCUT2D eigenvalue weighted by atomic mass is 16.1. The van der Waals surface area contributed by atoms with Crippen LogP contribution in [-0.4, -0.2) is 17.4 Å². The second kappa shape index (κ2) is 5.20. The largest absolute Gasteiger partial charge is 0.322 e. The van der Waals surface area contributed by atoms with Crippen molar-refractivity contribution in [2.24, 2.45) is 0 Å². The molecule has 1 aliphatic rings. The van der Waals surface area contributed by atoms with Gasteiger partial charge in [0, 0.05) is 24.6 Å². The smallest absolute Gasteiger partial charge is 0.257 e. The van der Waals surface area contributed by atoms with Crippen LogP contribution in [0.5, 0.6) is 0 Å². The van der Waals surface area contributed by atoms with Crippen molar-refractivity contribution in [3.05, 3.63) is 59.4 Å². The summed E-state index contributed by atoms with van der Waals surface area (Å²) in [5.74, 6) is -0.118. The first-order chi connectivity index (χ1) is 9.34. The molecule has 0 spiro atoms. The zero-order valence-electron chi connectivity index (χ0n) is 10.5. The molecule has 0 saturated carbocycles. The molecule has 2 aromatic rings. The van der Waals surface area contributed by atoms with E-state index in [9.17, 15) is 4.79 Å². The van der Waals surface area contributed by atoms with Crippen molar-refractivity contribution in [1.29, 1.82) is 0 Å². The van der Waals surface area contributed by atoms with Gasteiger partial charge in [0.25, 0.3) is 5.91 Å². The molecule has 0 atom stereocenters. The molecule has 0 aliphatic carbocycles. The molecule has 0 saturated heterocycles. The zero-order chi connectivity index (χ0) is 13.1. The number of anilines is 1. The molecule has 1 amide bonds. The molecule has 3 rings (SSSR count). The van der Waals surface area contributed by atoms with Crippen LogP contribution in [0.25, 0.3) is 0 Å². The summed E-state index contributed by atoms with van der Waals surface area (Å²) in [6.45, 7) is 1.80. The van der Waals surface area contributed by atoms with E-state index in [-0.39, 0.29) is 5.91 Å². The van der Waals surface area contributed by atoms with Crippen LogP contribution in [0.4, 0.5) is 5.69 Å². The minimum absolute atomic E-state index is 0.118. The monoisotopic (exact) mass is 253 g/mol. The van der Waals surface area contributed by atoms with Gasteiger partial charge in [0.15, 0.2) is 0 Å². The molecule has 1 aromatic carbocycles. The van der Waals surface area contributed by atoms with Gasteiger partial charge in [0.1, 0.15) is 0 Å². The average molecular weight is 253 g/mol. The number of benzene rings is 1. The second-order valence-corrected chi connectivity index (χ2v) is 4.57. The molecular formula is C15H15N3O. The first-order valence-electron chi connectivity index (χ1n) is 6.37. The van der Waals surface area contributed by atoms with Gasteiger partial charge in [-0.2, -0.15) is 0 Å². The highest BCUT2D eigenvalue weighted by molar-refractivity contribution is 6.04. The van der Waals surface area contributed by atoms with Crippen molar-refractivity contribution < 1.29 is 4.79 Å². The fourth-order valence-corrected chi connectivity index (χ4v) is 2.32. The Morgan fingerprint density at radius 1 is 1.26 bits per heavy atom. The van der Waals surface area contributed by atoms with Crippen LogP contribution < -0.4 is 10.6 Å². The summed E-state index contributed by atoms with van der Waals surface area (Å²) in [7, 11) is 0. The Bertz CT molecular complexity index is 596. The number of hydrogen-bond donors (Lipinski definition) is 2. The predicted molar refractivity (Wildman–Crippen MR) is 74.0 cm³/mol. The Balaban J connectivity index is 1.86. The van der Waals surface area contributed by atoms with Crippen molar-refractivity contribution in [2.75, 3.05) is 11.9 Å². The van der Waals surface area contributed by atoms with Gasteiger partial charge in [-0.25, -0.2) is 0 Å². The molecular weight excluding hydrogens is 238 g/mol. The van der Waals surface area contributed by atoms with Gasteiger partial charge >= 0.3 is 0 Å². The predicted octanol–water partition coefficient (Wildman–Crippen LogP) is 1.98. The van der Waals surface area contributed by atoms with Crippen LogP contribution in [0.1, 0.15) is 21.5 Å². The Morgan fingerprint density at radius 2 is 2.21 bits per heavy atom. The lowest BCUT2D eigenvalue weighted by atomic mass is 9.99. The summed E-state index contributed by atoms with van der Waals surface area (Å²) in [6.07, 6.45) is 4.24. The molecule has 0 fully saturated rings. The van der Waals surface area contributed by atoms with Crippen molar-refractivity contribution in [2.45, 2.75) is 13.0 Å². The van der Waals surface area contributed by atoms with Crippen LogP contribution in [-0.2, 0) is 13.0 Å². The number of nitrogens with one attached hydrogen (secondary N) is 2. The third kappa shape index (κ3) is 2.48. The maximum Gasteiger partial charge on any atom is 0.257 e. The van der Waals surface area contributed by atoms with Gasteiger partial charge in [-0.1, -0.05) is 12.1 Å². The van der Waals surface area contributed by atoms with Gasteiger partial charge in [0.2, 0.25) is 0 Å². The number of carbonyl (C=O) groups excluding carboxylic acids is 1.